The number of rotatable bonds is 2. The quantitative estimate of drug-likeness (QED) is 0.287. The molecule has 2 aliphatic carbocycles. The molecule has 1 spiro atoms. The number of amides is 1. The van der Waals surface area contributed by atoms with Crippen molar-refractivity contribution >= 4 is 38.8 Å². The number of hydrogen-bond acceptors (Lipinski definition) is 5. The molecule has 2 aliphatic heterocycles. The van der Waals surface area contributed by atoms with Crippen LogP contribution in [0.2, 0.25) is 5.02 Å². The third kappa shape index (κ3) is 5.58. The van der Waals surface area contributed by atoms with Crippen LogP contribution in [0.5, 0.6) is 5.75 Å². The topological polar surface area (TPSA) is 78.9 Å². The zero-order valence-corrected chi connectivity index (χ0v) is 27.9. The predicted molar refractivity (Wildman–Crippen MR) is 181 cm³/mol. The average molecular weight is 639 g/mol. The Balaban J connectivity index is 1.46. The second kappa shape index (κ2) is 12.0. The van der Waals surface area contributed by atoms with Crippen molar-refractivity contribution in [2.24, 2.45) is 23.2 Å². The minimum absolute atomic E-state index is 0.0373. The average Bonchev–Trinajstić information content (AvgIpc) is 3.14. The van der Waals surface area contributed by atoms with Crippen molar-refractivity contribution in [3.8, 4) is 5.75 Å². The Labute approximate surface area is 268 Å². The van der Waals surface area contributed by atoms with E-state index in [4.69, 9.17) is 16.3 Å². The van der Waals surface area contributed by atoms with Gasteiger partial charge in [0.1, 0.15) is 5.75 Å². The first-order valence-electron chi connectivity index (χ1n) is 16.3. The number of aliphatic hydroxyl groups is 1. The van der Waals surface area contributed by atoms with E-state index in [1.54, 1.807) is 6.07 Å². The van der Waals surface area contributed by atoms with Crippen molar-refractivity contribution in [1.29, 1.82) is 0 Å². The van der Waals surface area contributed by atoms with Gasteiger partial charge < -0.3 is 14.7 Å². The van der Waals surface area contributed by atoms with Crippen LogP contribution in [0.1, 0.15) is 80.8 Å². The summed E-state index contributed by atoms with van der Waals surface area (Å²) in [6.07, 6.45) is 11.2. The summed E-state index contributed by atoms with van der Waals surface area (Å²) < 4.78 is 23.2. The van der Waals surface area contributed by atoms with Crippen LogP contribution in [-0.2, 0) is 21.5 Å². The maximum atomic E-state index is 13.8. The standard InChI is InChI=1S/C36H47ClN2O4S/c1-5-35(22-40)16-6-8-24(2)25(3)44(4,42)38-34(41)27-11-15-33-32(19-27)39(20-28-10-13-31(28)35)21-36(23-43-33)17-7-9-26-18-29(37)12-14-30(26)36/h6,11-12,14-16,18-19,24-25,28,31,40H,4-5,7-10,13,17,20-23H2,1-3H3,(H,38,41,42)/b16-6+/t24-,25+,28-,31+,35-,36-,44?/m0/s1. The van der Waals surface area contributed by atoms with Crippen molar-refractivity contribution in [3.05, 3.63) is 70.3 Å². The number of aryl methyl sites for hydroxylation is 1. The van der Waals surface area contributed by atoms with Crippen molar-refractivity contribution in [1.82, 2.24) is 4.72 Å². The van der Waals surface area contributed by atoms with Gasteiger partial charge in [0.15, 0.2) is 0 Å². The van der Waals surface area contributed by atoms with Crippen LogP contribution in [-0.4, -0.2) is 52.6 Å². The zero-order chi connectivity index (χ0) is 31.3. The number of nitrogens with zero attached hydrogens (tertiary/aromatic N) is 1. The molecule has 2 heterocycles. The summed E-state index contributed by atoms with van der Waals surface area (Å²) in [6, 6.07) is 11.9. The largest absolute Gasteiger partial charge is 0.490 e. The van der Waals surface area contributed by atoms with E-state index in [0.717, 1.165) is 68.1 Å². The summed E-state index contributed by atoms with van der Waals surface area (Å²) in [6.45, 7) is 8.36. The molecule has 8 heteroatoms. The van der Waals surface area contributed by atoms with Crippen molar-refractivity contribution in [3.63, 3.8) is 0 Å². The lowest BCUT2D eigenvalue weighted by Crippen LogP contribution is -2.51. The zero-order valence-electron chi connectivity index (χ0n) is 26.3. The number of aliphatic hydroxyl groups excluding tert-OH is 1. The summed E-state index contributed by atoms with van der Waals surface area (Å²) in [4.78, 5) is 16.0. The van der Waals surface area contributed by atoms with Crippen LogP contribution in [0.3, 0.4) is 0 Å². The number of anilines is 1. The van der Waals surface area contributed by atoms with Crippen LogP contribution in [0.15, 0.2) is 48.6 Å². The Morgan fingerprint density at radius 2 is 2.02 bits per heavy atom. The van der Waals surface area contributed by atoms with Crippen LogP contribution >= 0.6 is 11.6 Å². The number of carbonyl (C=O) groups excluding carboxylic acids is 1. The van der Waals surface area contributed by atoms with Crippen LogP contribution < -0.4 is 14.4 Å². The highest BCUT2D eigenvalue weighted by molar-refractivity contribution is 7.99. The third-order valence-corrected chi connectivity index (χ3v) is 13.9. The van der Waals surface area contributed by atoms with Gasteiger partial charge >= 0.3 is 0 Å². The number of allylic oxidation sites excluding steroid dienone is 1. The molecule has 6 rings (SSSR count). The number of hydrogen-bond donors (Lipinski definition) is 2. The van der Waals surface area contributed by atoms with Gasteiger partial charge in [-0.15, -0.1) is 0 Å². The second-order valence-corrected chi connectivity index (χ2v) is 16.8. The third-order valence-electron chi connectivity index (χ3n) is 11.5. The number of carbonyl (C=O) groups is 1. The van der Waals surface area contributed by atoms with Gasteiger partial charge in [0.05, 0.1) is 28.6 Å². The summed E-state index contributed by atoms with van der Waals surface area (Å²) in [7, 11) is -2.92. The minimum atomic E-state index is -2.92. The summed E-state index contributed by atoms with van der Waals surface area (Å²) >= 11 is 6.44. The monoisotopic (exact) mass is 638 g/mol. The number of nitrogens with one attached hydrogen (secondary N) is 1. The Bertz CT molecular complexity index is 1550. The van der Waals surface area contributed by atoms with E-state index in [9.17, 15) is 14.1 Å². The van der Waals surface area contributed by atoms with Crippen molar-refractivity contribution in [2.75, 3.05) is 31.2 Å². The molecule has 4 aliphatic rings. The lowest BCUT2D eigenvalue weighted by atomic mass is 9.58. The Morgan fingerprint density at radius 1 is 1.20 bits per heavy atom. The first-order chi connectivity index (χ1) is 21.0. The molecule has 0 radical (unpaired) electrons. The molecule has 2 aromatic carbocycles. The van der Waals surface area contributed by atoms with Crippen molar-refractivity contribution < 1.29 is 18.8 Å². The Kier molecular flexibility index (Phi) is 8.61. The molecule has 238 valence electrons. The van der Waals surface area contributed by atoms with E-state index in [1.165, 1.54) is 11.1 Å². The molecule has 1 amide bonds. The molecule has 2 bridgehead atoms. The van der Waals surface area contributed by atoms with E-state index in [2.05, 4.69) is 53.6 Å². The van der Waals surface area contributed by atoms with E-state index in [-0.39, 0.29) is 34.5 Å². The van der Waals surface area contributed by atoms with Crippen LogP contribution in [0.4, 0.5) is 5.69 Å². The molecule has 6 nitrogen and oxygen atoms in total. The van der Waals surface area contributed by atoms with Gasteiger partial charge in [-0.05, 0) is 117 Å². The fourth-order valence-corrected chi connectivity index (χ4v) is 9.94. The molecule has 7 atom stereocenters. The lowest BCUT2D eigenvalue weighted by molar-refractivity contribution is 0.00785. The summed E-state index contributed by atoms with van der Waals surface area (Å²) in [5.74, 6) is 5.15. The first kappa shape index (κ1) is 31.5. The highest BCUT2D eigenvalue weighted by atomic mass is 35.5. The predicted octanol–water partition coefficient (Wildman–Crippen LogP) is 6.57. The first-order valence-corrected chi connectivity index (χ1v) is 18.4. The summed E-state index contributed by atoms with van der Waals surface area (Å²) in [5, 5.41) is 11.3. The van der Waals surface area contributed by atoms with E-state index in [0.29, 0.717) is 30.4 Å². The maximum Gasteiger partial charge on any atom is 0.262 e. The van der Waals surface area contributed by atoms with E-state index in [1.807, 2.05) is 25.1 Å². The van der Waals surface area contributed by atoms with Gasteiger partial charge in [0.2, 0.25) is 0 Å². The van der Waals surface area contributed by atoms with Crippen LogP contribution in [0.25, 0.3) is 0 Å². The van der Waals surface area contributed by atoms with Gasteiger partial charge in [0, 0.05) is 39.8 Å². The number of ether oxygens (including phenoxy) is 1. The molecule has 0 aromatic heterocycles. The lowest BCUT2D eigenvalue weighted by Gasteiger charge is -2.50. The van der Waals surface area contributed by atoms with Gasteiger partial charge in [0.25, 0.3) is 5.91 Å². The molecule has 1 unspecified atom stereocenters. The molecular weight excluding hydrogens is 592 g/mol. The number of halogens is 1. The minimum Gasteiger partial charge on any atom is -0.490 e. The maximum absolute atomic E-state index is 13.8. The number of fused-ring (bicyclic) bond motifs is 4. The van der Waals surface area contributed by atoms with Gasteiger partial charge in [-0.2, -0.15) is 0 Å². The molecular formula is C36H47ClN2O4S. The smallest absolute Gasteiger partial charge is 0.262 e. The Hall–Kier alpha value is -2.48. The highest BCUT2D eigenvalue weighted by Crippen LogP contribution is 2.51. The van der Waals surface area contributed by atoms with Gasteiger partial charge in [-0.3, -0.25) is 9.52 Å². The number of benzene rings is 2. The molecule has 0 saturated heterocycles. The molecule has 1 saturated carbocycles. The van der Waals surface area contributed by atoms with E-state index < -0.39 is 9.71 Å². The summed E-state index contributed by atoms with van der Waals surface area (Å²) in [5.41, 5.74) is 3.42. The van der Waals surface area contributed by atoms with Gasteiger partial charge in [-0.25, -0.2) is 4.21 Å². The molecule has 2 aromatic rings. The Morgan fingerprint density at radius 3 is 2.75 bits per heavy atom. The highest BCUT2D eigenvalue weighted by Gasteiger charge is 2.47. The molecule has 44 heavy (non-hydrogen) atoms. The molecule has 1 fully saturated rings. The van der Waals surface area contributed by atoms with Crippen LogP contribution in [0, 0.1) is 23.2 Å². The van der Waals surface area contributed by atoms with Crippen molar-refractivity contribution in [2.45, 2.75) is 76.4 Å². The second-order valence-electron chi connectivity index (χ2n) is 14.0. The van der Waals surface area contributed by atoms with Gasteiger partial charge in [-0.1, -0.05) is 43.7 Å². The SMILES string of the molecule is C=S1(=O)NC(=O)c2ccc3c(c2)N(C[C@@H]2CC[C@H]2[C@](CC)(CO)/C=C/C[C@H](C)[C@H]1C)C[C@@]1(CCCc2cc(Cl)ccc21)CO3. The normalized spacial score (nSPS) is 36.2. The van der Waals surface area contributed by atoms with E-state index >= 15 is 0 Å². The fourth-order valence-electron chi connectivity index (χ4n) is 8.26. The fraction of sp³-hybridized carbons (Fsp3) is 0.556. The molecule has 2 N–H and O–H groups in total.